The number of carbonyl (C=O) groups is 1. The molecule has 1 saturated heterocycles. The minimum absolute atomic E-state index is 0.0841. The summed E-state index contributed by atoms with van der Waals surface area (Å²) in [6, 6.07) is 8.11. The molecule has 1 N–H and O–H groups in total. The Balaban J connectivity index is 2.12. The molecule has 0 atom stereocenters. The molecule has 4 heteroatoms. The molecule has 120 valence electrons. The van der Waals surface area contributed by atoms with Crippen LogP contribution in [0.25, 0.3) is 5.57 Å². The topological polar surface area (TPSA) is 55.8 Å². The van der Waals surface area contributed by atoms with E-state index in [1.165, 1.54) is 11.6 Å². The predicted octanol–water partition coefficient (Wildman–Crippen LogP) is 3.61. The van der Waals surface area contributed by atoms with Gasteiger partial charge >= 0.3 is 5.97 Å². The maximum absolute atomic E-state index is 11.1. The molecule has 0 bridgehead atoms. The van der Waals surface area contributed by atoms with Gasteiger partial charge in [0.05, 0.1) is 13.2 Å². The van der Waals surface area contributed by atoms with E-state index in [1.54, 1.807) is 0 Å². The van der Waals surface area contributed by atoms with E-state index in [4.69, 9.17) is 14.6 Å². The molecule has 1 heterocycles. The van der Waals surface area contributed by atoms with Gasteiger partial charge in [-0.2, -0.15) is 0 Å². The molecule has 1 aromatic rings. The Morgan fingerprint density at radius 3 is 2.32 bits per heavy atom. The van der Waals surface area contributed by atoms with Crippen LogP contribution in [0.3, 0.4) is 0 Å². The van der Waals surface area contributed by atoms with Gasteiger partial charge in [0.1, 0.15) is 0 Å². The molecule has 1 aliphatic heterocycles. The van der Waals surface area contributed by atoms with E-state index < -0.39 is 5.97 Å². The Morgan fingerprint density at radius 1 is 1.23 bits per heavy atom. The van der Waals surface area contributed by atoms with Crippen molar-refractivity contribution in [3.05, 3.63) is 41.5 Å². The third-order valence-electron chi connectivity index (χ3n) is 3.76. The lowest BCUT2D eigenvalue weighted by molar-refractivity contribution is -0.131. The number of rotatable bonds is 5. The van der Waals surface area contributed by atoms with Crippen molar-refractivity contribution in [1.29, 1.82) is 0 Å². The molecular formula is C18H24O4. The van der Waals surface area contributed by atoms with Gasteiger partial charge in [-0.25, -0.2) is 4.79 Å². The van der Waals surface area contributed by atoms with Crippen molar-refractivity contribution in [3.63, 3.8) is 0 Å². The maximum atomic E-state index is 11.1. The first-order valence-corrected chi connectivity index (χ1v) is 7.64. The Hall–Kier alpha value is -1.65. The second kappa shape index (κ2) is 7.07. The van der Waals surface area contributed by atoms with Crippen molar-refractivity contribution in [2.24, 2.45) is 0 Å². The van der Waals surface area contributed by atoms with E-state index in [9.17, 15) is 4.79 Å². The van der Waals surface area contributed by atoms with Gasteiger partial charge < -0.3 is 14.6 Å². The fourth-order valence-electron chi connectivity index (χ4n) is 2.48. The summed E-state index contributed by atoms with van der Waals surface area (Å²) in [7, 11) is 0. The fraction of sp³-hybridized carbons (Fsp3) is 0.500. The molecule has 0 radical (unpaired) electrons. The minimum Gasteiger partial charge on any atom is -0.478 e. The van der Waals surface area contributed by atoms with Crippen LogP contribution in [0.15, 0.2) is 30.3 Å². The molecule has 0 aliphatic carbocycles. The maximum Gasteiger partial charge on any atom is 0.328 e. The van der Waals surface area contributed by atoms with Gasteiger partial charge in [0.25, 0.3) is 0 Å². The monoisotopic (exact) mass is 304 g/mol. The lowest BCUT2D eigenvalue weighted by Crippen LogP contribution is -2.11. The van der Waals surface area contributed by atoms with Crippen LogP contribution in [-0.2, 0) is 19.7 Å². The molecule has 0 amide bonds. The zero-order valence-electron chi connectivity index (χ0n) is 13.5. The van der Waals surface area contributed by atoms with Gasteiger partial charge in [0, 0.05) is 12.5 Å². The van der Waals surface area contributed by atoms with Crippen LogP contribution in [0.5, 0.6) is 0 Å². The van der Waals surface area contributed by atoms with Crippen molar-refractivity contribution in [2.75, 3.05) is 13.2 Å². The van der Waals surface area contributed by atoms with E-state index in [1.807, 2.05) is 12.1 Å². The van der Waals surface area contributed by atoms with Crippen LogP contribution in [-0.4, -0.2) is 30.6 Å². The van der Waals surface area contributed by atoms with Crippen molar-refractivity contribution >= 4 is 11.5 Å². The smallest absolute Gasteiger partial charge is 0.328 e. The summed E-state index contributed by atoms with van der Waals surface area (Å²) >= 11 is 0. The standard InChI is InChI=1S/C18H24O4/c1-18(2,3)15-7-4-13(5-8-15)14(12-16(19)20)6-9-17-21-10-11-22-17/h4-5,7-8,12,17H,6,9-11H2,1-3H3,(H,19,20). The molecule has 0 aromatic heterocycles. The lowest BCUT2D eigenvalue weighted by Gasteiger charge is -2.19. The molecule has 1 aromatic carbocycles. The number of carboxylic acid groups (broad SMARTS) is 1. The normalized spacial score (nSPS) is 17.0. The third-order valence-corrected chi connectivity index (χ3v) is 3.76. The van der Waals surface area contributed by atoms with Gasteiger partial charge in [-0.3, -0.25) is 0 Å². The minimum atomic E-state index is -0.928. The van der Waals surface area contributed by atoms with Gasteiger partial charge in [0.2, 0.25) is 0 Å². The molecule has 1 fully saturated rings. The van der Waals surface area contributed by atoms with E-state index in [-0.39, 0.29) is 11.7 Å². The summed E-state index contributed by atoms with van der Waals surface area (Å²) in [5.74, 6) is -0.928. The highest BCUT2D eigenvalue weighted by Crippen LogP contribution is 2.27. The molecule has 1 aliphatic rings. The quantitative estimate of drug-likeness (QED) is 0.844. The number of benzene rings is 1. The third kappa shape index (κ3) is 4.68. The van der Waals surface area contributed by atoms with E-state index in [0.717, 1.165) is 11.1 Å². The lowest BCUT2D eigenvalue weighted by atomic mass is 9.86. The van der Waals surface area contributed by atoms with E-state index in [2.05, 4.69) is 32.9 Å². The van der Waals surface area contributed by atoms with Crippen molar-refractivity contribution < 1.29 is 19.4 Å². The van der Waals surface area contributed by atoms with Crippen LogP contribution in [0.1, 0.15) is 44.7 Å². The molecule has 4 nitrogen and oxygen atoms in total. The van der Waals surface area contributed by atoms with E-state index >= 15 is 0 Å². The number of allylic oxidation sites excluding steroid dienone is 1. The van der Waals surface area contributed by atoms with Crippen LogP contribution in [0.2, 0.25) is 0 Å². The Labute approximate surface area is 131 Å². The molecular weight excluding hydrogens is 280 g/mol. The second-order valence-corrected chi connectivity index (χ2v) is 6.54. The zero-order valence-corrected chi connectivity index (χ0v) is 13.5. The van der Waals surface area contributed by atoms with Gasteiger partial charge in [-0.05, 0) is 28.5 Å². The highest BCUT2D eigenvalue weighted by molar-refractivity contribution is 5.90. The zero-order chi connectivity index (χ0) is 16.2. The molecule has 0 saturated carbocycles. The Morgan fingerprint density at radius 2 is 1.82 bits per heavy atom. The summed E-state index contributed by atoms with van der Waals surface area (Å²) in [4.78, 5) is 11.1. The predicted molar refractivity (Wildman–Crippen MR) is 85.7 cm³/mol. The highest BCUT2D eigenvalue weighted by atomic mass is 16.7. The number of hydrogen-bond donors (Lipinski definition) is 1. The largest absolute Gasteiger partial charge is 0.478 e. The molecule has 0 spiro atoms. The first-order chi connectivity index (χ1) is 10.4. The average molecular weight is 304 g/mol. The van der Waals surface area contributed by atoms with E-state index in [0.29, 0.717) is 26.1 Å². The molecule has 22 heavy (non-hydrogen) atoms. The summed E-state index contributed by atoms with van der Waals surface area (Å²) in [5.41, 5.74) is 3.05. The second-order valence-electron chi connectivity index (χ2n) is 6.54. The van der Waals surface area contributed by atoms with Crippen molar-refractivity contribution in [2.45, 2.75) is 45.3 Å². The average Bonchev–Trinajstić information content (AvgIpc) is 2.95. The molecule has 2 rings (SSSR count). The number of hydrogen-bond acceptors (Lipinski definition) is 3. The summed E-state index contributed by atoms with van der Waals surface area (Å²) in [5, 5.41) is 9.08. The van der Waals surface area contributed by atoms with Crippen molar-refractivity contribution in [1.82, 2.24) is 0 Å². The molecule has 0 unspecified atom stereocenters. The van der Waals surface area contributed by atoms with Crippen LogP contribution >= 0.6 is 0 Å². The number of carboxylic acids is 1. The first-order valence-electron chi connectivity index (χ1n) is 7.64. The van der Waals surface area contributed by atoms with Crippen LogP contribution < -0.4 is 0 Å². The summed E-state index contributed by atoms with van der Waals surface area (Å²) in [6.07, 6.45) is 2.35. The van der Waals surface area contributed by atoms with Crippen LogP contribution in [0.4, 0.5) is 0 Å². The van der Waals surface area contributed by atoms with Crippen molar-refractivity contribution in [3.8, 4) is 0 Å². The first kappa shape index (κ1) is 16.7. The van der Waals surface area contributed by atoms with Gasteiger partial charge in [-0.1, -0.05) is 45.0 Å². The SMILES string of the molecule is CC(C)(C)c1ccc(C(=CC(=O)O)CCC2OCCO2)cc1. The van der Waals surface area contributed by atoms with Crippen LogP contribution in [0, 0.1) is 0 Å². The Bertz CT molecular complexity index is 531. The Kier molecular flexibility index (Phi) is 5.37. The highest BCUT2D eigenvalue weighted by Gasteiger charge is 2.18. The van der Waals surface area contributed by atoms with Gasteiger partial charge in [0.15, 0.2) is 6.29 Å². The number of ether oxygens (including phenoxy) is 2. The summed E-state index contributed by atoms with van der Waals surface area (Å²) < 4.78 is 10.8. The van der Waals surface area contributed by atoms with Gasteiger partial charge in [-0.15, -0.1) is 0 Å². The summed E-state index contributed by atoms with van der Waals surface area (Å²) in [6.45, 7) is 7.70. The fourth-order valence-corrected chi connectivity index (χ4v) is 2.48. The number of aliphatic carboxylic acids is 1.